The Kier molecular flexibility index (Phi) is 3.72. The van der Waals surface area contributed by atoms with E-state index in [1.165, 1.54) is 0 Å². The second-order valence-corrected chi connectivity index (χ2v) is 6.48. The Hall–Kier alpha value is -2.76. The highest BCUT2D eigenvalue weighted by Crippen LogP contribution is 2.46. The number of amides is 1. The Balaban J connectivity index is 1.41. The van der Waals surface area contributed by atoms with Crippen molar-refractivity contribution in [1.29, 1.82) is 0 Å². The number of hydrogen-bond acceptors (Lipinski definition) is 5. The average molecular weight is 322 g/mol. The molecule has 1 unspecified atom stereocenters. The number of rotatable bonds is 4. The van der Waals surface area contributed by atoms with E-state index >= 15 is 0 Å². The normalized spacial score (nSPS) is 24.8. The highest BCUT2D eigenvalue weighted by molar-refractivity contribution is 5.92. The lowest BCUT2D eigenvalue weighted by molar-refractivity contribution is -0.132. The van der Waals surface area contributed by atoms with E-state index in [2.05, 4.69) is 20.8 Å². The summed E-state index contributed by atoms with van der Waals surface area (Å²) in [6.45, 7) is 0. The van der Waals surface area contributed by atoms with Crippen LogP contribution in [0.2, 0.25) is 0 Å². The number of hydrogen-bond donors (Lipinski definition) is 2. The first-order valence-corrected chi connectivity index (χ1v) is 8.17. The van der Waals surface area contributed by atoms with Crippen molar-refractivity contribution in [3.63, 3.8) is 0 Å². The molecule has 6 nitrogen and oxygen atoms in total. The third-order valence-electron chi connectivity index (χ3n) is 4.92. The maximum atomic E-state index is 12.3. The lowest BCUT2D eigenvalue weighted by Crippen LogP contribution is -2.39. The van der Waals surface area contributed by atoms with Crippen LogP contribution in [-0.2, 0) is 9.59 Å². The topological polar surface area (TPSA) is 84.0 Å². The van der Waals surface area contributed by atoms with Gasteiger partial charge < -0.3 is 0 Å². The largest absolute Gasteiger partial charge is 0.299 e. The quantitative estimate of drug-likeness (QED) is 0.843. The maximum Gasteiger partial charge on any atom is 0.242 e. The van der Waals surface area contributed by atoms with Crippen LogP contribution in [0.4, 0.5) is 5.82 Å². The Labute approximate surface area is 139 Å². The Morgan fingerprint density at radius 2 is 2.08 bits per heavy atom. The molecule has 4 rings (SSSR count). The van der Waals surface area contributed by atoms with Gasteiger partial charge in [0.25, 0.3) is 0 Å². The number of carbonyl (C=O) groups excluding carboxylic acids is 2. The van der Waals surface area contributed by atoms with Crippen LogP contribution in [0.5, 0.6) is 0 Å². The van der Waals surface area contributed by atoms with E-state index in [0.29, 0.717) is 18.2 Å². The van der Waals surface area contributed by atoms with E-state index in [9.17, 15) is 9.59 Å². The molecule has 2 heterocycles. The zero-order valence-electron chi connectivity index (χ0n) is 13.1. The van der Waals surface area contributed by atoms with Crippen molar-refractivity contribution in [2.45, 2.75) is 19.3 Å². The first kappa shape index (κ1) is 14.8. The molecule has 2 aromatic heterocycles. The molecule has 1 amide bonds. The minimum atomic E-state index is -0.203. The van der Waals surface area contributed by atoms with Gasteiger partial charge in [0.1, 0.15) is 11.6 Å². The lowest BCUT2D eigenvalue weighted by Gasteiger charge is -2.20. The Morgan fingerprint density at radius 3 is 2.83 bits per heavy atom. The van der Waals surface area contributed by atoms with Gasteiger partial charge in [0.05, 0.1) is 5.69 Å². The van der Waals surface area contributed by atoms with E-state index in [1.807, 2.05) is 24.3 Å². The molecule has 2 aliphatic carbocycles. The smallest absolute Gasteiger partial charge is 0.242 e. The molecule has 24 heavy (non-hydrogen) atoms. The summed E-state index contributed by atoms with van der Waals surface area (Å²) >= 11 is 0. The monoisotopic (exact) mass is 322 g/mol. The number of hydrazine groups is 1. The standard InChI is InChI=1S/C18H18N4O2/c23-16-9-11-7-13(16)14(8-11)18(24)22-21-17-5-1-4-15(20-17)12-3-2-6-19-10-12/h1-6,10-11,13-14H,7-9H2,(H,20,21)(H,22,24)/t11-,13+,14?/m0/s1. The molecule has 0 aromatic carbocycles. The molecule has 0 saturated heterocycles. The number of carbonyl (C=O) groups is 2. The van der Waals surface area contributed by atoms with E-state index < -0.39 is 0 Å². The summed E-state index contributed by atoms with van der Waals surface area (Å²) in [6.07, 6.45) is 5.78. The zero-order chi connectivity index (χ0) is 16.5. The highest BCUT2D eigenvalue weighted by Gasteiger charge is 2.48. The van der Waals surface area contributed by atoms with E-state index in [1.54, 1.807) is 18.5 Å². The molecule has 2 aromatic rings. The molecule has 0 aliphatic heterocycles. The summed E-state index contributed by atoms with van der Waals surface area (Å²) < 4.78 is 0. The number of ketones is 1. The number of nitrogens with zero attached hydrogens (tertiary/aromatic N) is 2. The van der Waals surface area contributed by atoms with Gasteiger partial charge in [-0.15, -0.1) is 0 Å². The molecular weight excluding hydrogens is 304 g/mol. The van der Waals surface area contributed by atoms with Crippen LogP contribution < -0.4 is 10.9 Å². The Morgan fingerprint density at radius 1 is 1.17 bits per heavy atom. The minimum Gasteiger partial charge on any atom is -0.299 e. The summed E-state index contributed by atoms with van der Waals surface area (Å²) in [7, 11) is 0. The van der Waals surface area contributed by atoms with Crippen LogP contribution in [0.1, 0.15) is 19.3 Å². The van der Waals surface area contributed by atoms with Crippen LogP contribution >= 0.6 is 0 Å². The van der Waals surface area contributed by atoms with Gasteiger partial charge in [0.15, 0.2) is 0 Å². The molecule has 2 bridgehead atoms. The van der Waals surface area contributed by atoms with Crippen LogP contribution in [0.15, 0.2) is 42.7 Å². The van der Waals surface area contributed by atoms with Crippen molar-refractivity contribution in [3.8, 4) is 11.3 Å². The molecule has 122 valence electrons. The predicted octanol–water partition coefficient (Wildman–Crippen LogP) is 2.20. The van der Waals surface area contributed by atoms with Gasteiger partial charge in [-0.1, -0.05) is 6.07 Å². The first-order valence-electron chi connectivity index (χ1n) is 8.17. The highest BCUT2D eigenvalue weighted by atomic mass is 16.2. The number of nitrogens with one attached hydrogen (secondary N) is 2. The lowest BCUT2D eigenvalue weighted by atomic mass is 9.87. The molecule has 0 radical (unpaired) electrons. The van der Waals surface area contributed by atoms with Gasteiger partial charge in [0, 0.05) is 36.2 Å². The van der Waals surface area contributed by atoms with Gasteiger partial charge in [-0.2, -0.15) is 0 Å². The average Bonchev–Trinajstić information content (AvgIpc) is 3.20. The fourth-order valence-electron chi connectivity index (χ4n) is 3.79. The van der Waals surface area contributed by atoms with Gasteiger partial charge in [0.2, 0.25) is 5.91 Å². The van der Waals surface area contributed by atoms with E-state index in [0.717, 1.165) is 24.1 Å². The van der Waals surface area contributed by atoms with Crippen LogP contribution in [0.25, 0.3) is 11.3 Å². The van der Waals surface area contributed by atoms with Gasteiger partial charge in [-0.3, -0.25) is 25.4 Å². The van der Waals surface area contributed by atoms with Gasteiger partial charge in [-0.05, 0) is 43.0 Å². The molecule has 6 heteroatoms. The molecule has 2 N–H and O–H groups in total. The number of aromatic nitrogens is 2. The predicted molar refractivity (Wildman–Crippen MR) is 88.6 cm³/mol. The third kappa shape index (κ3) is 2.75. The fourth-order valence-corrected chi connectivity index (χ4v) is 3.79. The van der Waals surface area contributed by atoms with Crippen LogP contribution in [0, 0.1) is 17.8 Å². The molecule has 2 aliphatic rings. The van der Waals surface area contributed by atoms with E-state index in [-0.39, 0.29) is 23.5 Å². The number of pyridine rings is 2. The molecule has 2 saturated carbocycles. The summed E-state index contributed by atoms with van der Waals surface area (Å²) in [6, 6.07) is 9.32. The van der Waals surface area contributed by atoms with Crippen molar-refractivity contribution >= 4 is 17.5 Å². The second kappa shape index (κ2) is 6.03. The number of anilines is 1. The Bertz CT molecular complexity index is 778. The van der Waals surface area contributed by atoms with Crippen LogP contribution in [-0.4, -0.2) is 21.7 Å². The van der Waals surface area contributed by atoms with Crippen molar-refractivity contribution in [2.24, 2.45) is 17.8 Å². The number of Topliss-reactive ketones (excluding diaryl/α,β-unsaturated/α-hetero) is 1. The van der Waals surface area contributed by atoms with Gasteiger partial charge >= 0.3 is 0 Å². The number of fused-ring (bicyclic) bond motifs is 2. The van der Waals surface area contributed by atoms with Crippen LogP contribution in [0.3, 0.4) is 0 Å². The zero-order valence-corrected chi connectivity index (χ0v) is 13.1. The molecule has 3 atom stereocenters. The minimum absolute atomic E-state index is 0.0912. The molecule has 0 spiro atoms. The maximum absolute atomic E-state index is 12.3. The molecule has 2 fully saturated rings. The third-order valence-corrected chi connectivity index (χ3v) is 4.92. The van der Waals surface area contributed by atoms with Crippen molar-refractivity contribution in [2.75, 3.05) is 5.43 Å². The van der Waals surface area contributed by atoms with E-state index in [4.69, 9.17) is 0 Å². The molecular formula is C18H18N4O2. The first-order chi connectivity index (χ1) is 11.7. The van der Waals surface area contributed by atoms with Gasteiger partial charge in [-0.25, -0.2) is 4.98 Å². The summed E-state index contributed by atoms with van der Waals surface area (Å²) in [4.78, 5) is 32.7. The fraction of sp³-hybridized carbons (Fsp3) is 0.333. The van der Waals surface area contributed by atoms with Crippen molar-refractivity contribution < 1.29 is 9.59 Å². The van der Waals surface area contributed by atoms with Crippen molar-refractivity contribution in [3.05, 3.63) is 42.7 Å². The SMILES string of the molecule is O=C(NNc1cccc(-c2cccnc2)n1)C1C[C@H]2CC(=O)[C@@H]1C2. The second-order valence-electron chi connectivity index (χ2n) is 6.48. The summed E-state index contributed by atoms with van der Waals surface area (Å²) in [5.74, 6) is 0.772. The van der Waals surface area contributed by atoms with Crippen molar-refractivity contribution in [1.82, 2.24) is 15.4 Å². The summed E-state index contributed by atoms with van der Waals surface area (Å²) in [5, 5.41) is 0. The summed E-state index contributed by atoms with van der Waals surface area (Å²) in [5.41, 5.74) is 7.25.